The number of rotatable bonds is 8. The van der Waals surface area contributed by atoms with Crippen molar-refractivity contribution in [3.05, 3.63) is 84.6 Å². The number of carbonyl (C=O) groups excluding carboxylic acids is 1. The van der Waals surface area contributed by atoms with Crippen molar-refractivity contribution in [1.82, 2.24) is 25.1 Å². The first-order valence-corrected chi connectivity index (χ1v) is 10.1. The van der Waals surface area contributed by atoms with E-state index in [0.717, 1.165) is 22.7 Å². The summed E-state index contributed by atoms with van der Waals surface area (Å²) in [6, 6.07) is 17.5. The summed E-state index contributed by atoms with van der Waals surface area (Å²) >= 11 is 1.36. The highest BCUT2D eigenvalue weighted by Gasteiger charge is 2.16. The van der Waals surface area contributed by atoms with Crippen LogP contribution in [-0.2, 0) is 17.9 Å². The van der Waals surface area contributed by atoms with Crippen molar-refractivity contribution < 1.29 is 9.21 Å². The molecule has 0 unspecified atom stereocenters. The standard InChI is InChI=1S/C21H19N5O2S/c27-19(23-13-18-7-4-12-28-18)15-29-21-25-24-20(17-8-10-22-11-9-17)26(21)14-16-5-2-1-3-6-16/h1-12H,13-15H2,(H,23,27). The monoisotopic (exact) mass is 405 g/mol. The highest BCUT2D eigenvalue weighted by atomic mass is 32.2. The molecule has 4 aromatic rings. The summed E-state index contributed by atoms with van der Waals surface area (Å²) in [4.78, 5) is 16.3. The van der Waals surface area contributed by atoms with Gasteiger partial charge in [-0.3, -0.25) is 14.3 Å². The first kappa shape index (κ1) is 18.9. The minimum Gasteiger partial charge on any atom is -0.467 e. The Bertz CT molecular complexity index is 1050. The fourth-order valence-electron chi connectivity index (χ4n) is 2.80. The average molecular weight is 405 g/mol. The van der Waals surface area contributed by atoms with Gasteiger partial charge in [0, 0.05) is 18.0 Å². The Morgan fingerprint density at radius 2 is 1.86 bits per heavy atom. The normalized spacial score (nSPS) is 10.8. The van der Waals surface area contributed by atoms with E-state index in [1.165, 1.54) is 11.8 Å². The van der Waals surface area contributed by atoms with Gasteiger partial charge in [-0.15, -0.1) is 10.2 Å². The molecule has 0 fully saturated rings. The third-order valence-corrected chi connectivity index (χ3v) is 5.18. The van der Waals surface area contributed by atoms with Gasteiger partial charge in [0.1, 0.15) is 5.76 Å². The molecule has 0 aliphatic heterocycles. The molecule has 7 nitrogen and oxygen atoms in total. The number of hydrogen-bond donors (Lipinski definition) is 1. The van der Waals surface area contributed by atoms with Crippen LogP contribution in [0.15, 0.2) is 82.8 Å². The van der Waals surface area contributed by atoms with Crippen molar-refractivity contribution in [1.29, 1.82) is 0 Å². The molecular weight excluding hydrogens is 386 g/mol. The summed E-state index contributed by atoms with van der Waals surface area (Å²) < 4.78 is 7.25. The molecule has 1 N–H and O–H groups in total. The molecule has 8 heteroatoms. The lowest BCUT2D eigenvalue weighted by molar-refractivity contribution is -0.118. The molecule has 1 amide bonds. The Labute approximate surface area is 172 Å². The van der Waals surface area contributed by atoms with Crippen LogP contribution in [0.4, 0.5) is 0 Å². The molecule has 0 aliphatic rings. The van der Waals surface area contributed by atoms with E-state index >= 15 is 0 Å². The van der Waals surface area contributed by atoms with E-state index in [4.69, 9.17) is 4.42 Å². The molecule has 0 spiro atoms. The number of carbonyl (C=O) groups is 1. The second-order valence-electron chi connectivity index (χ2n) is 6.26. The van der Waals surface area contributed by atoms with Gasteiger partial charge in [-0.25, -0.2) is 0 Å². The molecular formula is C21H19N5O2S. The SMILES string of the molecule is O=C(CSc1nnc(-c2ccncc2)n1Cc1ccccc1)NCc1ccco1. The van der Waals surface area contributed by atoms with Crippen molar-refractivity contribution in [2.45, 2.75) is 18.2 Å². The zero-order chi connectivity index (χ0) is 19.9. The molecule has 3 heterocycles. The number of pyridine rings is 1. The first-order chi connectivity index (χ1) is 14.3. The summed E-state index contributed by atoms with van der Waals surface area (Å²) in [5.74, 6) is 1.61. The molecule has 29 heavy (non-hydrogen) atoms. The summed E-state index contributed by atoms with van der Waals surface area (Å²) in [6.45, 7) is 0.979. The second kappa shape index (κ2) is 9.20. The van der Waals surface area contributed by atoms with Gasteiger partial charge in [0.05, 0.1) is 25.1 Å². The number of aromatic nitrogens is 4. The predicted octanol–water partition coefficient (Wildman–Crippen LogP) is 3.39. The van der Waals surface area contributed by atoms with E-state index in [-0.39, 0.29) is 11.7 Å². The molecule has 0 aliphatic carbocycles. The molecule has 0 bridgehead atoms. The maximum atomic E-state index is 12.2. The fraction of sp³-hybridized carbons (Fsp3) is 0.143. The van der Waals surface area contributed by atoms with E-state index in [1.807, 2.05) is 41.0 Å². The van der Waals surface area contributed by atoms with Gasteiger partial charge in [0.15, 0.2) is 11.0 Å². The molecule has 0 radical (unpaired) electrons. The summed E-state index contributed by atoms with van der Waals surface area (Å²) in [6.07, 6.45) is 5.04. The molecule has 3 aromatic heterocycles. The van der Waals surface area contributed by atoms with Crippen LogP contribution in [0.25, 0.3) is 11.4 Å². The number of furan rings is 1. The lowest BCUT2D eigenvalue weighted by Gasteiger charge is -2.10. The number of amides is 1. The quantitative estimate of drug-likeness (QED) is 0.452. The van der Waals surface area contributed by atoms with Crippen LogP contribution in [0, 0.1) is 0 Å². The van der Waals surface area contributed by atoms with E-state index in [1.54, 1.807) is 24.7 Å². The molecule has 146 valence electrons. The van der Waals surface area contributed by atoms with Crippen molar-refractivity contribution in [2.24, 2.45) is 0 Å². The molecule has 4 rings (SSSR count). The Kier molecular flexibility index (Phi) is 6.01. The van der Waals surface area contributed by atoms with E-state index in [9.17, 15) is 4.79 Å². The maximum absolute atomic E-state index is 12.2. The van der Waals surface area contributed by atoms with Crippen LogP contribution in [0.1, 0.15) is 11.3 Å². The van der Waals surface area contributed by atoms with Gasteiger partial charge in [0.25, 0.3) is 0 Å². The summed E-state index contributed by atoms with van der Waals surface area (Å²) in [7, 11) is 0. The van der Waals surface area contributed by atoms with E-state index in [0.29, 0.717) is 18.2 Å². The van der Waals surface area contributed by atoms with Crippen LogP contribution in [0.2, 0.25) is 0 Å². The van der Waals surface area contributed by atoms with Crippen LogP contribution in [-0.4, -0.2) is 31.4 Å². The number of thioether (sulfide) groups is 1. The Hall–Kier alpha value is -3.39. The third-order valence-electron chi connectivity index (χ3n) is 4.21. The number of hydrogen-bond acceptors (Lipinski definition) is 6. The third kappa shape index (κ3) is 4.91. The average Bonchev–Trinajstić information content (AvgIpc) is 3.42. The Morgan fingerprint density at radius 1 is 1.03 bits per heavy atom. The zero-order valence-electron chi connectivity index (χ0n) is 15.6. The van der Waals surface area contributed by atoms with E-state index < -0.39 is 0 Å². The van der Waals surface area contributed by atoms with Crippen molar-refractivity contribution in [3.8, 4) is 11.4 Å². The molecule has 0 saturated carbocycles. The topological polar surface area (TPSA) is 85.8 Å². The fourth-order valence-corrected chi connectivity index (χ4v) is 3.57. The Morgan fingerprint density at radius 3 is 2.62 bits per heavy atom. The van der Waals surface area contributed by atoms with Crippen LogP contribution >= 0.6 is 11.8 Å². The van der Waals surface area contributed by atoms with Gasteiger partial charge in [-0.05, 0) is 29.8 Å². The van der Waals surface area contributed by atoms with Gasteiger partial charge >= 0.3 is 0 Å². The summed E-state index contributed by atoms with van der Waals surface area (Å²) in [5, 5.41) is 12.2. The van der Waals surface area contributed by atoms with Crippen molar-refractivity contribution in [3.63, 3.8) is 0 Å². The molecule has 1 aromatic carbocycles. The van der Waals surface area contributed by atoms with Crippen molar-refractivity contribution in [2.75, 3.05) is 5.75 Å². The molecule has 0 saturated heterocycles. The van der Waals surface area contributed by atoms with Crippen LogP contribution in [0.5, 0.6) is 0 Å². The van der Waals surface area contributed by atoms with Gasteiger partial charge in [-0.2, -0.15) is 0 Å². The number of benzene rings is 1. The van der Waals surface area contributed by atoms with Crippen molar-refractivity contribution >= 4 is 17.7 Å². The van der Waals surface area contributed by atoms with Gasteiger partial charge in [0.2, 0.25) is 5.91 Å². The molecule has 0 atom stereocenters. The highest BCUT2D eigenvalue weighted by molar-refractivity contribution is 7.99. The number of nitrogens with one attached hydrogen (secondary N) is 1. The van der Waals surface area contributed by atoms with Gasteiger partial charge < -0.3 is 9.73 Å². The second-order valence-corrected chi connectivity index (χ2v) is 7.20. The number of nitrogens with zero attached hydrogens (tertiary/aromatic N) is 4. The minimum atomic E-state index is -0.0916. The highest BCUT2D eigenvalue weighted by Crippen LogP contribution is 2.24. The maximum Gasteiger partial charge on any atom is 0.230 e. The zero-order valence-corrected chi connectivity index (χ0v) is 16.4. The minimum absolute atomic E-state index is 0.0916. The van der Waals surface area contributed by atoms with E-state index in [2.05, 4.69) is 32.6 Å². The first-order valence-electron chi connectivity index (χ1n) is 9.09. The smallest absolute Gasteiger partial charge is 0.230 e. The Balaban J connectivity index is 1.50. The van der Waals surface area contributed by atoms with Crippen LogP contribution < -0.4 is 5.32 Å². The predicted molar refractivity (Wildman–Crippen MR) is 110 cm³/mol. The summed E-state index contributed by atoms with van der Waals surface area (Å²) in [5.41, 5.74) is 2.06. The lowest BCUT2D eigenvalue weighted by Crippen LogP contribution is -2.24. The largest absolute Gasteiger partial charge is 0.467 e. The van der Waals surface area contributed by atoms with Crippen LogP contribution in [0.3, 0.4) is 0 Å². The van der Waals surface area contributed by atoms with Gasteiger partial charge in [-0.1, -0.05) is 42.1 Å². The lowest BCUT2D eigenvalue weighted by atomic mass is 10.2.